The first-order valence-corrected chi connectivity index (χ1v) is 7.76. The molecular weight excluding hydrogens is 301 g/mol. The summed E-state index contributed by atoms with van der Waals surface area (Å²) in [6.45, 7) is 3.76. The molecule has 2 fully saturated rings. The van der Waals surface area contributed by atoms with E-state index < -0.39 is 0 Å². The zero-order valence-corrected chi connectivity index (χ0v) is 13.0. The molecule has 124 valence electrons. The van der Waals surface area contributed by atoms with E-state index in [2.05, 4.69) is 5.32 Å². The number of urea groups is 1. The van der Waals surface area contributed by atoms with E-state index in [0.717, 1.165) is 5.56 Å². The minimum Gasteiger partial charge on any atom is -0.364 e. The molecule has 23 heavy (non-hydrogen) atoms. The maximum atomic E-state index is 13.0. The van der Waals surface area contributed by atoms with Crippen LogP contribution in [0.25, 0.3) is 0 Å². The number of morpholine rings is 1. The van der Waals surface area contributed by atoms with Crippen LogP contribution >= 0.6 is 0 Å². The largest absolute Gasteiger partial charge is 0.364 e. The highest BCUT2D eigenvalue weighted by Gasteiger charge is 2.44. The van der Waals surface area contributed by atoms with Gasteiger partial charge < -0.3 is 19.9 Å². The van der Waals surface area contributed by atoms with Gasteiger partial charge >= 0.3 is 6.03 Å². The summed E-state index contributed by atoms with van der Waals surface area (Å²) in [4.78, 5) is 27.6. The average Bonchev–Trinajstić information content (AvgIpc) is 2.97. The Labute approximate surface area is 134 Å². The van der Waals surface area contributed by atoms with Crippen molar-refractivity contribution in [3.05, 3.63) is 35.6 Å². The Morgan fingerprint density at radius 2 is 2.09 bits per heavy atom. The Morgan fingerprint density at radius 1 is 1.35 bits per heavy atom. The third-order valence-corrected chi connectivity index (χ3v) is 4.26. The molecule has 0 aliphatic carbocycles. The molecule has 0 bridgehead atoms. The molecule has 3 rings (SSSR count). The van der Waals surface area contributed by atoms with Crippen LogP contribution in [0.5, 0.6) is 0 Å². The number of benzene rings is 1. The number of likely N-dealkylation sites (tertiary alicyclic amines) is 1. The number of rotatable bonds is 3. The van der Waals surface area contributed by atoms with Crippen molar-refractivity contribution in [2.45, 2.75) is 25.6 Å². The Hall–Kier alpha value is -2.15. The quantitative estimate of drug-likeness (QED) is 0.902. The molecule has 2 aliphatic heterocycles. The molecule has 2 unspecified atom stereocenters. The van der Waals surface area contributed by atoms with Crippen molar-refractivity contribution in [2.24, 2.45) is 0 Å². The number of hydrogen-bond donors (Lipinski definition) is 1. The van der Waals surface area contributed by atoms with Crippen molar-refractivity contribution in [3.8, 4) is 0 Å². The molecule has 2 saturated heterocycles. The summed E-state index contributed by atoms with van der Waals surface area (Å²) in [7, 11) is 0. The highest BCUT2D eigenvalue weighted by atomic mass is 19.1. The van der Waals surface area contributed by atoms with Crippen molar-refractivity contribution in [1.29, 1.82) is 0 Å². The predicted molar refractivity (Wildman–Crippen MR) is 81.1 cm³/mol. The van der Waals surface area contributed by atoms with Gasteiger partial charge in [0.2, 0.25) is 5.91 Å². The molecule has 0 saturated carbocycles. The lowest BCUT2D eigenvalue weighted by Crippen LogP contribution is -2.53. The third kappa shape index (κ3) is 3.29. The van der Waals surface area contributed by atoms with Gasteiger partial charge in [-0.25, -0.2) is 9.18 Å². The third-order valence-electron chi connectivity index (χ3n) is 4.26. The van der Waals surface area contributed by atoms with Gasteiger partial charge in [-0.15, -0.1) is 0 Å². The SMILES string of the molecule is CCNC(=O)N1CC2OCC(=O)N(Cc3ccc(F)cc3)C2C1. The van der Waals surface area contributed by atoms with Crippen molar-refractivity contribution < 1.29 is 18.7 Å². The first-order valence-electron chi connectivity index (χ1n) is 7.76. The monoisotopic (exact) mass is 321 g/mol. The van der Waals surface area contributed by atoms with Crippen molar-refractivity contribution >= 4 is 11.9 Å². The first kappa shape index (κ1) is 15.7. The van der Waals surface area contributed by atoms with Crippen LogP contribution in [0.3, 0.4) is 0 Å². The van der Waals surface area contributed by atoms with Crippen LogP contribution in [-0.4, -0.2) is 60.1 Å². The molecule has 1 aromatic carbocycles. The van der Waals surface area contributed by atoms with Gasteiger partial charge in [-0.3, -0.25) is 4.79 Å². The molecule has 0 spiro atoms. The second kappa shape index (κ2) is 6.54. The first-order chi connectivity index (χ1) is 11.1. The van der Waals surface area contributed by atoms with E-state index in [1.807, 2.05) is 6.92 Å². The van der Waals surface area contributed by atoms with Gasteiger partial charge in [0, 0.05) is 19.6 Å². The molecule has 1 N–H and O–H groups in total. The number of nitrogens with one attached hydrogen (secondary N) is 1. The molecule has 0 aromatic heterocycles. The Kier molecular flexibility index (Phi) is 4.47. The molecule has 3 amide bonds. The molecule has 2 aliphatic rings. The fourth-order valence-electron chi connectivity index (χ4n) is 3.09. The van der Waals surface area contributed by atoms with E-state index in [4.69, 9.17) is 4.74 Å². The molecule has 1 aromatic rings. The lowest BCUT2D eigenvalue weighted by Gasteiger charge is -2.36. The summed E-state index contributed by atoms with van der Waals surface area (Å²) >= 11 is 0. The summed E-state index contributed by atoms with van der Waals surface area (Å²) in [6.07, 6.45) is -0.171. The van der Waals surface area contributed by atoms with E-state index in [1.165, 1.54) is 12.1 Å². The van der Waals surface area contributed by atoms with Gasteiger partial charge in [-0.05, 0) is 24.6 Å². The van der Waals surface area contributed by atoms with Crippen LogP contribution in [0.15, 0.2) is 24.3 Å². The number of ether oxygens (including phenoxy) is 1. The predicted octanol–water partition coefficient (Wildman–Crippen LogP) is 0.967. The van der Waals surface area contributed by atoms with Crippen LogP contribution in [0.2, 0.25) is 0 Å². The topological polar surface area (TPSA) is 61.9 Å². The summed E-state index contributed by atoms with van der Waals surface area (Å²) in [5, 5.41) is 2.77. The van der Waals surface area contributed by atoms with E-state index in [9.17, 15) is 14.0 Å². The summed E-state index contributed by atoms with van der Waals surface area (Å²) in [5.74, 6) is -0.406. The van der Waals surface area contributed by atoms with Crippen molar-refractivity contribution in [1.82, 2.24) is 15.1 Å². The number of amides is 3. The second-order valence-electron chi connectivity index (χ2n) is 5.81. The highest BCUT2D eigenvalue weighted by molar-refractivity contribution is 5.79. The van der Waals surface area contributed by atoms with Gasteiger partial charge in [0.25, 0.3) is 0 Å². The highest BCUT2D eigenvalue weighted by Crippen LogP contribution is 2.25. The number of halogens is 1. The zero-order chi connectivity index (χ0) is 16.4. The molecule has 7 heteroatoms. The maximum Gasteiger partial charge on any atom is 0.317 e. The number of fused-ring (bicyclic) bond motifs is 1. The fraction of sp³-hybridized carbons (Fsp3) is 0.500. The normalized spacial score (nSPS) is 23.8. The van der Waals surface area contributed by atoms with Gasteiger partial charge in [0.15, 0.2) is 0 Å². The molecule has 0 radical (unpaired) electrons. The minimum absolute atomic E-state index is 0.0194. The van der Waals surface area contributed by atoms with Crippen LogP contribution < -0.4 is 5.32 Å². The van der Waals surface area contributed by atoms with Gasteiger partial charge in [0.1, 0.15) is 12.4 Å². The smallest absolute Gasteiger partial charge is 0.317 e. The van der Waals surface area contributed by atoms with E-state index in [1.54, 1.807) is 21.9 Å². The number of carbonyl (C=O) groups is 2. The van der Waals surface area contributed by atoms with E-state index in [0.29, 0.717) is 26.2 Å². The zero-order valence-electron chi connectivity index (χ0n) is 13.0. The number of carbonyl (C=O) groups excluding carboxylic acids is 2. The molecule has 6 nitrogen and oxygen atoms in total. The van der Waals surface area contributed by atoms with E-state index >= 15 is 0 Å². The number of nitrogens with zero attached hydrogens (tertiary/aromatic N) is 2. The maximum absolute atomic E-state index is 13.0. The standard InChI is InChI=1S/C16H20FN3O3/c1-2-18-16(22)19-8-13-14(9-19)23-10-15(21)20(13)7-11-3-5-12(17)6-4-11/h3-6,13-14H,2,7-10H2,1H3,(H,18,22). The van der Waals surface area contributed by atoms with Gasteiger partial charge in [-0.2, -0.15) is 0 Å². The van der Waals surface area contributed by atoms with Gasteiger partial charge in [0.05, 0.1) is 18.7 Å². The summed E-state index contributed by atoms with van der Waals surface area (Å²) in [6, 6.07) is 5.80. The number of hydrogen-bond acceptors (Lipinski definition) is 3. The second-order valence-corrected chi connectivity index (χ2v) is 5.81. The van der Waals surface area contributed by atoms with Crippen LogP contribution in [0, 0.1) is 5.82 Å². The molecular formula is C16H20FN3O3. The van der Waals surface area contributed by atoms with Crippen LogP contribution in [-0.2, 0) is 16.1 Å². The Balaban J connectivity index is 1.72. The average molecular weight is 321 g/mol. The molecule has 2 heterocycles. The summed E-state index contributed by atoms with van der Waals surface area (Å²) < 4.78 is 18.6. The van der Waals surface area contributed by atoms with Crippen LogP contribution in [0.1, 0.15) is 12.5 Å². The fourth-order valence-corrected chi connectivity index (χ4v) is 3.09. The molecule has 2 atom stereocenters. The Bertz CT molecular complexity index is 593. The van der Waals surface area contributed by atoms with Crippen molar-refractivity contribution in [3.63, 3.8) is 0 Å². The minimum atomic E-state index is -0.303. The Morgan fingerprint density at radius 3 is 2.78 bits per heavy atom. The van der Waals surface area contributed by atoms with Crippen molar-refractivity contribution in [2.75, 3.05) is 26.2 Å². The van der Waals surface area contributed by atoms with E-state index in [-0.39, 0.29) is 36.5 Å². The van der Waals surface area contributed by atoms with Gasteiger partial charge in [-0.1, -0.05) is 12.1 Å². The van der Waals surface area contributed by atoms with Crippen LogP contribution in [0.4, 0.5) is 9.18 Å². The lowest BCUT2D eigenvalue weighted by atomic mass is 10.1. The lowest BCUT2D eigenvalue weighted by molar-refractivity contribution is -0.153. The summed E-state index contributed by atoms with van der Waals surface area (Å²) in [5.41, 5.74) is 0.858.